The number of hydrogen-bond donors (Lipinski definition) is 2. The lowest BCUT2D eigenvalue weighted by Crippen LogP contribution is -2.36. The Morgan fingerprint density at radius 3 is 2.77 bits per heavy atom. The first-order chi connectivity index (χ1) is 10.6. The van der Waals surface area contributed by atoms with Gasteiger partial charge in [0.1, 0.15) is 0 Å². The van der Waals surface area contributed by atoms with Gasteiger partial charge in [0, 0.05) is 6.42 Å². The van der Waals surface area contributed by atoms with Crippen LogP contribution < -0.4 is 5.84 Å². The van der Waals surface area contributed by atoms with Crippen molar-refractivity contribution in [1.29, 1.82) is 0 Å². The summed E-state index contributed by atoms with van der Waals surface area (Å²) >= 11 is 0. The molecule has 0 radical (unpaired) electrons. The van der Waals surface area contributed by atoms with Gasteiger partial charge < -0.3 is 5.11 Å². The molecule has 0 aromatic heterocycles. The van der Waals surface area contributed by atoms with Crippen molar-refractivity contribution in [2.45, 2.75) is 19.4 Å². The zero-order chi connectivity index (χ0) is 15.7. The Morgan fingerprint density at radius 2 is 2.05 bits per heavy atom. The van der Waals surface area contributed by atoms with Gasteiger partial charge in [0.2, 0.25) is 0 Å². The quantitative estimate of drug-likeness (QED) is 0.337. The predicted octanol–water partition coefficient (Wildman–Crippen LogP) is 2.79. The van der Waals surface area contributed by atoms with Crippen molar-refractivity contribution >= 4 is 6.09 Å². The molecule has 0 heterocycles. The maximum atomic E-state index is 11.1. The van der Waals surface area contributed by atoms with E-state index in [9.17, 15) is 4.79 Å². The number of nitrogens with zero attached hydrogens (tertiary/aromatic N) is 1. The molecule has 2 aromatic rings. The molecule has 0 atom stereocenters. The highest BCUT2D eigenvalue weighted by Gasteiger charge is 2.23. The molecule has 2 aromatic carbocycles. The Hall–Kier alpha value is -2.77. The van der Waals surface area contributed by atoms with E-state index < -0.39 is 6.09 Å². The van der Waals surface area contributed by atoms with Gasteiger partial charge >= 0.3 is 6.09 Å². The Kier molecular flexibility index (Phi) is 3.58. The smallest absolute Gasteiger partial charge is 0.421 e. The second kappa shape index (κ2) is 5.55. The van der Waals surface area contributed by atoms with Crippen molar-refractivity contribution in [3.05, 3.63) is 58.7 Å². The minimum Gasteiger partial charge on any atom is -0.464 e. The minimum atomic E-state index is -1.15. The normalized spacial score (nSPS) is 11.5. The van der Waals surface area contributed by atoms with Crippen LogP contribution in [-0.2, 0) is 19.4 Å². The molecule has 22 heavy (non-hydrogen) atoms. The standard InChI is InChI=1S/C18H16N2O2/c1-2-5-12-8-9-15-14-7-4-3-6-13(14)10-16(15)17(12)11-20(19)18(21)22/h1,3-4,6-9H,5,10-11,19H2,(H,21,22). The van der Waals surface area contributed by atoms with Gasteiger partial charge in [-0.1, -0.05) is 36.4 Å². The largest absolute Gasteiger partial charge is 0.464 e. The SMILES string of the molecule is C#CCc1ccc2c(c1CN(N)C(=O)O)Cc1ccccc1-2. The number of hydrogen-bond acceptors (Lipinski definition) is 2. The molecule has 0 saturated heterocycles. The van der Waals surface area contributed by atoms with Gasteiger partial charge in [0.15, 0.2) is 0 Å². The first-order valence-electron chi connectivity index (χ1n) is 7.02. The van der Waals surface area contributed by atoms with E-state index in [1.807, 2.05) is 18.2 Å². The van der Waals surface area contributed by atoms with E-state index in [1.54, 1.807) is 0 Å². The Morgan fingerprint density at radius 1 is 1.27 bits per heavy atom. The molecule has 4 heteroatoms. The third-order valence-electron chi connectivity index (χ3n) is 4.07. The average molecular weight is 292 g/mol. The van der Waals surface area contributed by atoms with Crippen LogP contribution in [0.15, 0.2) is 36.4 Å². The van der Waals surface area contributed by atoms with Gasteiger partial charge in [-0.25, -0.2) is 15.6 Å². The molecule has 0 spiro atoms. The first kappa shape index (κ1) is 14.2. The summed E-state index contributed by atoms with van der Waals surface area (Å²) in [5, 5.41) is 9.85. The molecule has 0 aliphatic heterocycles. The molecule has 3 N–H and O–H groups in total. The number of hydrazine groups is 1. The molecule has 1 aliphatic rings. The van der Waals surface area contributed by atoms with E-state index >= 15 is 0 Å². The highest BCUT2D eigenvalue weighted by atomic mass is 16.4. The number of rotatable bonds is 3. The van der Waals surface area contributed by atoms with Crippen LogP contribution in [0.3, 0.4) is 0 Å². The molecule has 110 valence electrons. The van der Waals surface area contributed by atoms with Crippen LogP contribution in [0, 0.1) is 12.3 Å². The summed E-state index contributed by atoms with van der Waals surface area (Å²) in [5.41, 5.74) is 6.61. The van der Waals surface area contributed by atoms with E-state index in [1.165, 1.54) is 11.1 Å². The van der Waals surface area contributed by atoms with E-state index in [4.69, 9.17) is 17.4 Å². The zero-order valence-corrected chi connectivity index (χ0v) is 12.0. The number of terminal acetylenes is 1. The fourth-order valence-corrected chi connectivity index (χ4v) is 3.03. The molecular weight excluding hydrogens is 276 g/mol. The second-order valence-corrected chi connectivity index (χ2v) is 5.35. The summed E-state index contributed by atoms with van der Waals surface area (Å²) in [6.07, 6.45) is 5.53. The highest BCUT2D eigenvalue weighted by molar-refractivity contribution is 5.78. The van der Waals surface area contributed by atoms with E-state index in [-0.39, 0.29) is 6.54 Å². The summed E-state index contributed by atoms with van der Waals surface area (Å²) in [6.45, 7) is 0.142. The molecule has 1 aliphatic carbocycles. The van der Waals surface area contributed by atoms with Gasteiger partial charge in [-0.05, 0) is 39.8 Å². The Bertz CT molecular complexity index is 790. The topological polar surface area (TPSA) is 66.6 Å². The summed E-state index contributed by atoms with van der Waals surface area (Å²) < 4.78 is 0. The molecule has 0 fully saturated rings. The van der Waals surface area contributed by atoms with E-state index in [2.05, 4.69) is 24.1 Å². The van der Waals surface area contributed by atoms with Crippen molar-refractivity contribution in [1.82, 2.24) is 5.01 Å². The number of carbonyl (C=O) groups is 1. The van der Waals surface area contributed by atoms with Gasteiger partial charge in [0.25, 0.3) is 0 Å². The number of amides is 1. The van der Waals surface area contributed by atoms with Crippen LogP contribution in [0.25, 0.3) is 11.1 Å². The van der Waals surface area contributed by atoms with Crippen LogP contribution in [0.4, 0.5) is 4.79 Å². The van der Waals surface area contributed by atoms with Crippen LogP contribution in [-0.4, -0.2) is 16.2 Å². The maximum Gasteiger partial charge on any atom is 0.421 e. The summed E-state index contributed by atoms with van der Waals surface area (Å²) in [7, 11) is 0. The fraction of sp³-hybridized carbons (Fsp3) is 0.167. The van der Waals surface area contributed by atoms with Crippen molar-refractivity contribution in [2.24, 2.45) is 5.84 Å². The lowest BCUT2D eigenvalue weighted by Gasteiger charge is -2.18. The molecule has 0 bridgehead atoms. The second-order valence-electron chi connectivity index (χ2n) is 5.35. The van der Waals surface area contributed by atoms with Gasteiger partial charge in [-0.3, -0.25) is 0 Å². The molecular formula is C18H16N2O2. The molecule has 4 nitrogen and oxygen atoms in total. The van der Waals surface area contributed by atoms with E-state index in [0.29, 0.717) is 6.42 Å². The zero-order valence-electron chi connectivity index (χ0n) is 12.0. The van der Waals surface area contributed by atoms with Crippen LogP contribution in [0.1, 0.15) is 22.3 Å². The van der Waals surface area contributed by atoms with E-state index in [0.717, 1.165) is 33.7 Å². The third-order valence-corrected chi connectivity index (χ3v) is 4.07. The lowest BCUT2D eigenvalue weighted by atomic mass is 9.94. The predicted molar refractivity (Wildman–Crippen MR) is 85.0 cm³/mol. The number of nitrogens with two attached hydrogens (primary N) is 1. The molecule has 0 saturated carbocycles. The monoisotopic (exact) mass is 292 g/mol. The van der Waals surface area contributed by atoms with Gasteiger partial charge in [0.05, 0.1) is 6.54 Å². The third kappa shape index (κ3) is 2.32. The van der Waals surface area contributed by atoms with Crippen molar-refractivity contribution in [2.75, 3.05) is 0 Å². The van der Waals surface area contributed by atoms with Gasteiger partial charge in [-0.15, -0.1) is 12.3 Å². The summed E-state index contributed by atoms with van der Waals surface area (Å²) in [4.78, 5) is 11.1. The highest BCUT2D eigenvalue weighted by Crippen LogP contribution is 2.39. The van der Waals surface area contributed by atoms with Crippen LogP contribution in [0.5, 0.6) is 0 Å². The molecule has 0 unspecified atom stereocenters. The molecule has 1 amide bonds. The number of fused-ring (bicyclic) bond motifs is 3. The number of benzene rings is 2. The maximum absolute atomic E-state index is 11.1. The fourth-order valence-electron chi connectivity index (χ4n) is 3.03. The van der Waals surface area contributed by atoms with Crippen LogP contribution in [0.2, 0.25) is 0 Å². The molecule has 3 rings (SSSR count). The van der Waals surface area contributed by atoms with Crippen molar-refractivity contribution in [3.63, 3.8) is 0 Å². The lowest BCUT2D eigenvalue weighted by molar-refractivity contribution is 0.143. The summed E-state index contributed by atoms with van der Waals surface area (Å²) in [5.74, 6) is 8.23. The minimum absolute atomic E-state index is 0.142. The van der Waals surface area contributed by atoms with Crippen LogP contribution >= 0.6 is 0 Å². The van der Waals surface area contributed by atoms with Gasteiger partial charge in [-0.2, -0.15) is 0 Å². The number of carboxylic acid groups (broad SMARTS) is 1. The van der Waals surface area contributed by atoms with Crippen molar-refractivity contribution in [3.8, 4) is 23.5 Å². The van der Waals surface area contributed by atoms with Crippen molar-refractivity contribution < 1.29 is 9.90 Å². The Labute approximate surface area is 129 Å². The average Bonchev–Trinajstić information content (AvgIpc) is 2.88. The first-order valence-corrected chi connectivity index (χ1v) is 7.02. The summed E-state index contributed by atoms with van der Waals surface area (Å²) in [6, 6.07) is 12.3. The Balaban J connectivity index is 2.11.